The van der Waals surface area contributed by atoms with Gasteiger partial charge in [-0.1, -0.05) is 13.0 Å². The molecule has 0 unspecified atom stereocenters. The van der Waals surface area contributed by atoms with Crippen LogP contribution in [-0.2, 0) is 4.79 Å². The molecule has 5 heteroatoms. The van der Waals surface area contributed by atoms with E-state index in [0.717, 1.165) is 6.42 Å². The highest BCUT2D eigenvalue weighted by Gasteiger charge is 2.39. The second-order valence-electron chi connectivity index (χ2n) is 4.38. The number of urea groups is 1. The van der Waals surface area contributed by atoms with Gasteiger partial charge in [-0.15, -0.1) is 0 Å². The Balaban J connectivity index is 2.00. The van der Waals surface area contributed by atoms with Crippen LogP contribution in [0.5, 0.6) is 0 Å². The van der Waals surface area contributed by atoms with E-state index in [0.29, 0.717) is 17.3 Å². The molecule has 0 saturated heterocycles. The molecule has 1 fully saturated rings. The van der Waals surface area contributed by atoms with Gasteiger partial charge >= 0.3 is 6.03 Å². The zero-order valence-corrected chi connectivity index (χ0v) is 9.57. The van der Waals surface area contributed by atoms with E-state index in [-0.39, 0.29) is 11.8 Å². The molecule has 0 heterocycles. The summed E-state index contributed by atoms with van der Waals surface area (Å²) in [6, 6.07) is 6.29. The van der Waals surface area contributed by atoms with E-state index in [1.165, 1.54) is 0 Å². The van der Waals surface area contributed by atoms with Crippen molar-refractivity contribution in [3.63, 3.8) is 0 Å². The fraction of sp³-hybridized carbons (Fsp3) is 0.333. The van der Waals surface area contributed by atoms with Gasteiger partial charge in [-0.2, -0.15) is 0 Å². The van der Waals surface area contributed by atoms with Crippen LogP contribution in [0.3, 0.4) is 0 Å². The van der Waals surface area contributed by atoms with Gasteiger partial charge in [-0.05, 0) is 30.5 Å². The normalized spacial score (nSPS) is 21.7. The zero-order valence-electron chi connectivity index (χ0n) is 9.57. The third kappa shape index (κ3) is 2.96. The standard InChI is InChI=1S/C12H15N3O2/c1-7-5-10(7)11(16)14-8-3-2-4-9(6-8)15-12(13)17/h2-4,6-7,10H,5H2,1H3,(H,14,16)(H3,13,15,17)/t7-,10+/m0/s1. The average Bonchev–Trinajstić information content (AvgIpc) is 2.95. The third-order valence-electron chi connectivity index (χ3n) is 2.84. The van der Waals surface area contributed by atoms with Gasteiger partial charge < -0.3 is 16.4 Å². The van der Waals surface area contributed by atoms with Crippen molar-refractivity contribution in [3.8, 4) is 0 Å². The SMILES string of the molecule is C[C@H]1C[C@H]1C(=O)Nc1cccc(NC(N)=O)c1. The maximum atomic E-state index is 11.7. The van der Waals surface area contributed by atoms with Crippen LogP contribution in [0.1, 0.15) is 13.3 Å². The summed E-state index contributed by atoms with van der Waals surface area (Å²) in [4.78, 5) is 22.4. The van der Waals surface area contributed by atoms with E-state index in [1.54, 1.807) is 24.3 Å². The minimum Gasteiger partial charge on any atom is -0.351 e. The fourth-order valence-electron chi connectivity index (χ4n) is 1.74. The topological polar surface area (TPSA) is 84.2 Å². The van der Waals surface area contributed by atoms with Gasteiger partial charge in [0.1, 0.15) is 0 Å². The number of hydrogen-bond acceptors (Lipinski definition) is 2. The summed E-state index contributed by atoms with van der Waals surface area (Å²) in [5, 5.41) is 5.28. The first-order valence-electron chi connectivity index (χ1n) is 5.53. The number of hydrogen-bond donors (Lipinski definition) is 3. The molecule has 1 aromatic rings. The molecule has 1 saturated carbocycles. The van der Waals surface area contributed by atoms with Crippen molar-refractivity contribution >= 4 is 23.3 Å². The molecule has 0 spiro atoms. The van der Waals surface area contributed by atoms with Crippen LogP contribution in [0.15, 0.2) is 24.3 Å². The Morgan fingerprint density at radius 2 is 1.88 bits per heavy atom. The van der Waals surface area contributed by atoms with Crippen molar-refractivity contribution in [3.05, 3.63) is 24.3 Å². The molecule has 4 N–H and O–H groups in total. The molecular formula is C12H15N3O2. The number of nitrogens with one attached hydrogen (secondary N) is 2. The maximum Gasteiger partial charge on any atom is 0.316 e. The summed E-state index contributed by atoms with van der Waals surface area (Å²) in [5.41, 5.74) is 6.25. The van der Waals surface area contributed by atoms with E-state index in [1.807, 2.05) is 0 Å². The summed E-state index contributed by atoms with van der Waals surface area (Å²) in [6.45, 7) is 2.05. The highest BCUT2D eigenvalue weighted by Crippen LogP contribution is 2.38. The van der Waals surface area contributed by atoms with Crippen LogP contribution < -0.4 is 16.4 Å². The molecule has 3 amide bonds. The Labute approximate surface area is 99.4 Å². The quantitative estimate of drug-likeness (QED) is 0.743. The first-order chi connectivity index (χ1) is 8.06. The highest BCUT2D eigenvalue weighted by molar-refractivity contribution is 5.95. The van der Waals surface area contributed by atoms with Crippen molar-refractivity contribution in [2.24, 2.45) is 17.6 Å². The lowest BCUT2D eigenvalue weighted by molar-refractivity contribution is -0.117. The van der Waals surface area contributed by atoms with Gasteiger partial charge in [0.2, 0.25) is 5.91 Å². The number of amides is 3. The number of nitrogens with two attached hydrogens (primary N) is 1. The van der Waals surface area contributed by atoms with Crippen LogP contribution in [0.25, 0.3) is 0 Å². The van der Waals surface area contributed by atoms with Crippen LogP contribution in [0, 0.1) is 11.8 Å². The summed E-state index contributed by atoms with van der Waals surface area (Å²) in [7, 11) is 0. The first-order valence-corrected chi connectivity index (χ1v) is 5.53. The number of primary amides is 1. The molecule has 0 aliphatic heterocycles. The minimum absolute atomic E-state index is 0.0359. The zero-order chi connectivity index (χ0) is 12.4. The van der Waals surface area contributed by atoms with E-state index in [4.69, 9.17) is 5.73 Å². The van der Waals surface area contributed by atoms with Crippen molar-refractivity contribution in [1.29, 1.82) is 0 Å². The van der Waals surface area contributed by atoms with Crippen molar-refractivity contribution < 1.29 is 9.59 Å². The number of anilines is 2. The lowest BCUT2D eigenvalue weighted by Gasteiger charge is -2.07. The lowest BCUT2D eigenvalue weighted by atomic mass is 10.2. The molecule has 0 bridgehead atoms. The highest BCUT2D eigenvalue weighted by atomic mass is 16.2. The van der Waals surface area contributed by atoms with Crippen LogP contribution >= 0.6 is 0 Å². The molecule has 17 heavy (non-hydrogen) atoms. The Bertz CT molecular complexity index is 459. The van der Waals surface area contributed by atoms with Crippen molar-refractivity contribution in [2.75, 3.05) is 10.6 Å². The van der Waals surface area contributed by atoms with Crippen LogP contribution in [-0.4, -0.2) is 11.9 Å². The number of benzene rings is 1. The van der Waals surface area contributed by atoms with Gasteiger partial charge in [-0.3, -0.25) is 4.79 Å². The average molecular weight is 233 g/mol. The summed E-state index contributed by atoms with van der Waals surface area (Å²) in [5.74, 6) is 0.637. The second kappa shape index (κ2) is 4.45. The van der Waals surface area contributed by atoms with E-state index < -0.39 is 6.03 Å². The molecule has 90 valence electrons. The molecule has 1 aliphatic rings. The van der Waals surface area contributed by atoms with Crippen LogP contribution in [0.2, 0.25) is 0 Å². The number of rotatable bonds is 3. The largest absolute Gasteiger partial charge is 0.351 e. The predicted octanol–water partition coefficient (Wildman–Crippen LogP) is 1.77. The summed E-state index contributed by atoms with van der Waals surface area (Å²) < 4.78 is 0. The summed E-state index contributed by atoms with van der Waals surface area (Å²) in [6.07, 6.45) is 0.949. The van der Waals surface area contributed by atoms with Gasteiger partial charge in [0.05, 0.1) is 0 Å². The Hall–Kier alpha value is -2.04. The predicted molar refractivity (Wildman–Crippen MR) is 65.5 cm³/mol. The molecule has 2 atom stereocenters. The minimum atomic E-state index is -0.621. The van der Waals surface area contributed by atoms with E-state index >= 15 is 0 Å². The van der Waals surface area contributed by atoms with Gasteiger partial charge in [0.15, 0.2) is 0 Å². The molecule has 1 aromatic carbocycles. The Kier molecular flexibility index (Phi) is 2.99. The fourth-order valence-corrected chi connectivity index (χ4v) is 1.74. The molecule has 0 aromatic heterocycles. The monoisotopic (exact) mass is 233 g/mol. The summed E-state index contributed by atoms with van der Waals surface area (Å²) >= 11 is 0. The van der Waals surface area contributed by atoms with E-state index in [2.05, 4.69) is 17.6 Å². The molecule has 2 rings (SSSR count). The molecule has 0 radical (unpaired) electrons. The van der Waals surface area contributed by atoms with E-state index in [9.17, 15) is 9.59 Å². The molecule has 1 aliphatic carbocycles. The second-order valence-corrected chi connectivity index (χ2v) is 4.38. The lowest BCUT2D eigenvalue weighted by Crippen LogP contribution is -2.19. The van der Waals surface area contributed by atoms with Crippen molar-refractivity contribution in [1.82, 2.24) is 0 Å². The maximum absolute atomic E-state index is 11.7. The van der Waals surface area contributed by atoms with Gasteiger partial charge in [0.25, 0.3) is 0 Å². The van der Waals surface area contributed by atoms with Gasteiger partial charge in [-0.25, -0.2) is 4.79 Å². The first kappa shape index (κ1) is 11.4. The van der Waals surface area contributed by atoms with Gasteiger partial charge in [0, 0.05) is 17.3 Å². The number of carbonyl (C=O) groups is 2. The Morgan fingerprint density at radius 1 is 1.29 bits per heavy atom. The van der Waals surface area contributed by atoms with Crippen molar-refractivity contribution in [2.45, 2.75) is 13.3 Å². The smallest absolute Gasteiger partial charge is 0.316 e. The molecular weight excluding hydrogens is 218 g/mol. The Morgan fingerprint density at radius 3 is 2.41 bits per heavy atom. The van der Waals surface area contributed by atoms with Crippen LogP contribution in [0.4, 0.5) is 16.2 Å². The number of carbonyl (C=O) groups excluding carboxylic acids is 2. The molecule has 5 nitrogen and oxygen atoms in total. The third-order valence-corrected chi connectivity index (χ3v) is 2.84.